The summed E-state index contributed by atoms with van der Waals surface area (Å²) in [4.78, 5) is 8.87. The normalized spacial score (nSPS) is 17.2. The van der Waals surface area contributed by atoms with Crippen LogP contribution in [0.4, 0.5) is 0 Å². The Morgan fingerprint density at radius 1 is 0.500 bits per heavy atom. The molecule has 3 rings (SSSR count). The van der Waals surface area contributed by atoms with E-state index < -0.39 is 0 Å². The summed E-state index contributed by atoms with van der Waals surface area (Å²) in [5, 5.41) is 0. The fraction of sp³-hybridized carbons (Fsp3) is 0.444. The number of hydrogen-bond donors (Lipinski definition) is 0. The molecule has 0 saturated carbocycles. The summed E-state index contributed by atoms with van der Waals surface area (Å²) in [6.07, 6.45) is 22.4. The van der Waals surface area contributed by atoms with E-state index in [4.69, 9.17) is 9.47 Å². The Bertz CT molecular complexity index is 1180. The van der Waals surface area contributed by atoms with Crippen molar-refractivity contribution < 1.29 is 9.47 Å². The van der Waals surface area contributed by atoms with Crippen LogP contribution in [0.5, 0.6) is 0 Å². The third-order valence-corrected chi connectivity index (χ3v) is 6.41. The van der Waals surface area contributed by atoms with Gasteiger partial charge in [-0.3, -0.25) is 0 Å². The Hall–Kier alpha value is -3.40. The largest absolute Gasteiger partial charge is 0.465 e. The molecule has 0 amide bonds. The number of hydrogen-bond acceptors (Lipinski definition) is 4. The van der Waals surface area contributed by atoms with E-state index in [2.05, 4.69) is 130 Å². The van der Waals surface area contributed by atoms with Crippen LogP contribution < -0.4 is 0 Å². The number of ether oxygens (including phenoxy) is 2. The fourth-order valence-electron chi connectivity index (χ4n) is 3.80. The van der Waals surface area contributed by atoms with Gasteiger partial charge in [-0.1, -0.05) is 107 Å². The SMILES string of the molecule is CC(C)(C)C1=CC(=C/C=C/c2cc(/C=C/C=C3C=C(C(C)(C)C)OC(C(C)(C)C)=C3)ncn2)C=C(C(C)(C)C)O1. The number of nitrogens with zero attached hydrogens (tertiary/aromatic N) is 2. The van der Waals surface area contributed by atoms with Gasteiger partial charge in [0.15, 0.2) is 0 Å². The van der Waals surface area contributed by atoms with Crippen molar-refractivity contribution in [3.8, 4) is 0 Å². The Morgan fingerprint density at radius 3 is 1.07 bits per heavy atom. The second-order valence-corrected chi connectivity index (χ2v) is 14.7. The van der Waals surface area contributed by atoms with Crippen LogP contribution in [0.25, 0.3) is 12.2 Å². The lowest BCUT2D eigenvalue weighted by atomic mass is 9.87. The van der Waals surface area contributed by atoms with Gasteiger partial charge in [0.25, 0.3) is 0 Å². The molecule has 0 spiro atoms. The molecule has 2 aliphatic heterocycles. The van der Waals surface area contributed by atoms with E-state index in [0.717, 1.165) is 45.6 Å². The van der Waals surface area contributed by atoms with E-state index in [1.54, 1.807) is 6.33 Å². The molecule has 0 bridgehead atoms. The van der Waals surface area contributed by atoms with Crippen molar-refractivity contribution in [2.45, 2.75) is 83.1 Å². The zero-order valence-corrected chi connectivity index (χ0v) is 26.6. The molecule has 0 saturated heterocycles. The lowest BCUT2D eigenvalue weighted by molar-refractivity contribution is 0.161. The first-order valence-electron chi connectivity index (χ1n) is 14.2. The van der Waals surface area contributed by atoms with Crippen LogP contribution in [-0.2, 0) is 9.47 Å². The molecule has 4 heteroatoms. The number of allylic oxidation sites excluding steroid dienone is 14. The second-order valence-electron chi connectivity index (χ2n) is 14.7. The zero-order valence-electron chi connectivity index (χ0n) is 26.6. The number of aromatic nitrogens is 2. The van der Waals surface area contributed by atoms with Crippen LogP contribution in [0.15, 0.2) is 95.2 Å². The van der Waals surface area contributed by atoms with Gasteiger partial charge in [0.2, 0.25) is 0 Å². The van der Waals surface area contributed by atoms with Gasteiger partial charge >= 0.3 is 0 Å². The van der Waals surface area contributed by atoms with Crippen molar-refractivity contribution in [1.82, 2.24) is 9.97 Å². The Labute approximate surface area is 242 Å². The van der Waals surface area contributed by atoms with Gasteiger partial charge in [-0.15, -0.1) is 0 Å². The highest BCUT2D eigenvalue weighted by Gasteiger charge is 2.29. The zero-order chi connectivity index (χ0) is 29.9. The van der Waals surface area contributed by atoms with Gasteiger partial charge in [-0.05, 0) is 53.7 Å². The third-order valence-electron chi connectivity index (χ3n) is 6.41. The van der Waals surface area contributed by atoms with E-state index in [9.17, 15) is 0 Å². The predicted octanol–water partition coefficient (Wildman–Crippen LogP) is 10.1. The third kappa shape index (κ3) is 8.81. The van der Waals surface area contributed by atoms with Gasteiger partial charge < -0.3 is 9.47 Å². The first kappa shape index (κ1) is 31.1. The Balaban J connectivity index is 1.82. The highest BCUT2D eigenvalue weighted by Crippen LogP contribution is 2.40. The van der Waals surface area contributed by atoms with Gasteiger partial charge in [-0.2, -0.15) is 0 Å². The van der Waals surface area contributed by atoms with Crippen LogP contribution in [-0.4, -0.2) is 9.97 Å². The maximum atomic E-state index is 6.26. The number of rotatable bonds is 4. The van der Waals surface area contributed by atoms with Crippen molar-refractivity contribution in [2.24, 2.45) is 21.7 Å². The Morgan fingerprint density at radius 2 is 0.800 bits per heavy atom. The minimum Gasteiger partial charge on any atom is -0.465 e. The van der Waals surface area contributed by atoms with Gasteiger partial charge in [0.1, 0.15) is 29.4 Å². The molecule has 3 heterocycles. The van der Waals surface area contributed by atoms with Gasteiger partial charge in [0, 0.05) is 21.7 Å². The molecular weight excluding hydrogens is 492 g/mol. The van der Waals surface area contributed by atoms with Crippen LogP contribution in [0, 0.1) is 21.7 Å². The Kier molecular flexibility index (Phi) is 9.03. The van der Waals surface area contributed by atoms with Gasteiger partial charge in [0.05, 0.1) is 11.4 Å². The maximum absolute atomic E-state index is 6.26. The quantitative estimate of drug-likeness (QED) is 0.381. The molecule has 0 radical (unpaired) electrons. The molecule has 40 heavy (non-hydrogen) atoms. The van der Waals surface area contributed by atoms with E-state index in [1.165, 1.54) is 0 Å². The summed E-state index contributed by atoms with van der Waals surface area (Å²) in [7, 11) is 0. The molecule has 214 valence electrons. The molecule has 2 aliphatic rings. The van der Waals surface area contributed by atoms with Gasteiger partial charge in [-0.25, -0.2) is 9.97 Å². The summed E-state index contributed by atoms with van der Waals surface area (Å²) in [6.45, 7) is 26.1. The summed E-state index contributed by atoms with van der Waals surface area (Å²) in [5.41, 5.74) is 3.63. The molecule has 0 aliphatic carbocycles. The molecule has 0 fully saturated rings. The van der Waals surface area contributed by atoms with Crippen molar-refractivity contribution in [1.29, 1.82) is 0 Å². The van der Waals surface area contributed by atoms with E-state index >= 15 is 0 Å². The van der Waals surface area contributed by atoms with Crippen LogP contribution in [0.2, 0.25) is 0 Å². The monoisotopic (exact) mass is 540 g/mol. The molecule has 0 atom stereocenters. The fourth-order valence-corrected chi connectivity index (χ4v) is 3.80. The topological polar surface area (TPSA) is 44.2 Å². The van der Waals surface area contributed by atoms with Crippen molar-refractivity contribution in [3.05, 3.63) is 107 Å². The average molecular weight is 541 g/mol. The van der Waals surface area contributed by atoms with Crippen LogP contribution in [0.3, 0.4) is 0 Å². The van der Waals surface area contributed by atoms with Crippen molar-refractivity contribution in [2.75, 3.05) is 0 Å². The first-order chi connectivity index (χ1) is 18.3. The maximum Gasteiger partial charge on any atom is 0.116 e. The highest BCUT2D eigenvalue weighted by molar-refractivity contribution is 5.56. The minimum atomic E-state index is -0.0738. The highest BCUT2D eigenvalue weighted by atomic mass is 16.5. The van der Waals surface area contributed by atoms with Crippen molar-refractivity contribution in [3.63, 3.8) is 0 Å². The molecular formula is C36H48N2O2. The second kappa shape index (κ2) is 11.6. The van der Waals surface area contributed by atoms with E-state index in [1.807, 2.05) is 30.4 Å². The van der Waals surface area contributed by atoms with Crippen LogP contribution in [0.1, 0.15) is 94.5 Å². The lowest BCUT2D eigenvalue weighted by Crippen LogP contribution is -2.21. The van der Waals surface area contributed by atoms with Crippen molar-refractivity contribution >= 4 is 12.2 Å². The summed E-state index contributed by atoms with van der Waals surface area (Å²) >= 11 is 0. The summed E-state index contributed by atoms with van der Waals surface area (Å²) in [6, 6.07) is 1.98. The molecule has 1 aromatic heterocycles. The van der Waals surface area contributed by atoms with Crippen LogP contribution >= 0.6 is 0 Å². The lowest BCUT2D eigenvalue weighted by Gasteiger charge is -2.32. The van der Waals surface area contributed by atoms with E-state index in [0.29, 0.717) is 0 Å². The smallest absolute Gasteiger partial charge is 0.116 e. The predicted molar refractivity (Wildman–Crippen MR) is 169 cm³/mol. The first-order valence-corrected chi connectivity index (χ1v) is 14.2. The molecule has 0 N–H and O–H groups in total. The summed E-state index contributed by atoms with van der Waals surface area (Å²) in [5.74, 6) is 3.89. The molecule has 1 aromatic rings. The average Bonchev–Trinajstić information content (AvgIpc) is 2.82. The molecule has 0 unspecified atom stereocenters. The molecule has 4 nitrogen and oxygen atoms in total. The van der Waals surface area contributed by atoms with E-state index in [-0.39, 0.29) is 21.7 Å². The minimum absolute atomic E-state index is 0.0738. The molecule has 0 aromatic carbocycles. The summed E-state index contributed by atoms with van der Waals surface area (Å²) < 4.78 is 12.5. The standard InChI is InChI=1S/C36H48N2O2/c1-33(2,3)29-19-25(20-30(39-29)34(4,5)6)15-13-17-27-23-28(38-24-37-27)18-14-16-26-21-31(35(7,8)9)40-32(22-26)36(10,11)12/h13-24H,1-12H3/b17-13+,18-14+.